The number of rotatable bonds is 6. The van der Waals surface area contributed by atoms with Gasteiger partial charge in [0, 0.05) is 21.3 Å². The van der Waals surface area contributed by atoms with Crippen molar-refractivity contribution in [3.8, 4) is 5.75 Å². The number of aryl methyl sites for hydroxylation is 1. The van der Waals surface area contributed by atoms with Crippen LogP contribution in [0.2, 0.25) is 0 Å². The molecule has 0 aliphatic heterocycles. The Morgan fingerprint density at radius 3 is 2.38 bits per heavy atom. The van der Waals surface area contributed by atoms with E-state index in [-0.39, 0.29) is 0 Å². The van der Waals surface area contributed by atoms with Gasteiger partial charge in [-0.15, -0.1) is 0 Å². The summed E-state index contributed by atoms with van der Waals surface area (Å²) in [6.45, 7) is 2.02. The molecule has 0 fully saturated rings. The monoisotopic (exact) mass is 330 g/mol. The van der Waals surface area contributed by atoms with E-state index < -0.39 is 12.4 Å². The number of anilines is 1. The Hall–Kier alpha value is -2.44. The van der Waals surface area contributed by atoms with Crippen LogP contribution < -0.4 is 9.64 Å². The number of hydrogen-bond donors (Lipinski definition) is 0. The number of carbonyl (C=O) groups excluding carboxylic acids is 1. The van der Waals surface area contributed by atoms with Gasteiger partial charge in [-0.05, 0) is 30.2 Å². The van der Waals surface area contributed by atoms with E-state index in [4.69, 9.17) is 14.2 Å². The minimum Gasteiger partial charge on any atom is -0.410 e. The molecule has 1 aromatic carbocycles. The first-order valence-corrected chi connectivity index (χ1v) is 7.66. The Bertz CT molecular complexity index is 672. The van der Waals surface area contributed by atoms with E-state index in [0.29, 0.717) is 17.3 Å². The largest absolute Gasteiger partial charge is 0.420 e. The van der Waals surface area contributed by atoms with E-state index >= 15 is 0 Å². The Morgan fingerprint density at radius 1 is 1.12 bits per heavy atom. The average molecular weight is 330 g/mol. The molecule has 0 saturated carbocycles. The first kappa shape index (κ1) is 17.9. The minimum atomic E-state index is -0.585. The van der Waals surface area contributed by atoms with Gasteiger partial charge in [-0.1, -0.05) is 31.2 Å². The number of pyridine rings is 1. The van der Waals surface area contributed by atoms with Crippen LogP contribution in [0.5, 0.6) is 5.75 Å². The summed E-state index contributed by atoms with van der Waals surface area (Å²) in [6.07, 6.45) is -0.321. The lowest BCUT2D eigenvalue weighted by Crippen LogP contribution is -2.30. The van der Waals surface area contributed by atoms with Crippen molar-refractivity contribution in [2.24, 2.45) is 0 Å². The summed E-state index contributed by atoms with van der Waals surface area (Å²) in [5, 5.41) is 0. The van der Waals surface area contributed by atoms with Crippen molar-refractivity contribution in [3.05, 3.63) is 53.7 Å². The zero-order valence-electron chi connectivity index (χ0n) is 14.4. The van der Waals surface area contributed by atoms with Gasteiger partial charge in [-0.3, -0.25) is 4.90 Å². The summed E-state index contributed by atoms with van der Waals surface area (Å²) < 4.78 is 15.9. The molecule has 0 unspecified atom stereocenters. The van der Waals surface area contributed by atoms with Crippen LogP contribution in [0.25, 0.3) is 0 Å². The van der Waals surface area contributed by atoms with Crippen molar-refractivity contribution in [3.63, 3.8) is 0 Å². The molecule has 128 valence electrons. The van der Waals surface area contributed by atoms with E-state index in [1.54, 1.807) is 51.6 Å². The summed E-state index contributed by atoms with van der Waals surface area (Å²) >= 11 is 0. The molecule has 24 heavy (non-hydrogen) atoms. The van der Waals surface area contributed by atoms with E-state index in [9.17, 15) is 4.79 Å². The molecule has 1 amide bonds. The van der Waals surface area contributed by atoms with Gasteiger partial charge >= 0.3 is 6.09 Å². The summed E-state index contributed by atoms with van der Waals surface area (Å²) in [4.78, 5) is 18.2. The number of nitrogens with zero attached hydrogens (tertiary/aromatic N) is 2. The Kier molecular flexibility index (Phi) is 6.28. The van der Waals surface area contributed by atoms with Crippen LogP contribution in [0, 0.1) is 0 Å². The summed E-state index contributed by atoms with van der Waals surface area (Å²) in [5.74, 6) is 0.939. The van der Waals surface area contributed by atoms with Crippen LogP contribution >= 0.6 is 0 Å². The molecule has 6 heteroatoms. The summed E-state index contributed by atoms with van der Waals surface area (Å²) in [6, 6.07) is 12.6. The normalized spacial score (nSPS) is 10.7. The van der Waals surface area contributed by atoms with Gasteiger partial charge in [0.15, 0.2) is 0 Å². The van der Waals surface area contributed by atoms with Gasteiger partial charge < -0.3 is 14.2 Å². The van der Waals surface area contributed by atoms with Crippen LogP contribution in [0.4, 0.5) is 10.6 Å². The maximum Gasteiger partial charge on any atom is 0.420 e. The molecule has 0 saturated heterocycles. The highest BCUT2D eigenvalue weighted by Crippen LogP contribution is 2.24. The lowest BCUT2D eigenvalue weighted by molar-refractivity contribution is -0.109. The molecule has 0 bridgehead atoms. The van der Waals surface area contributed by atoms with Gasteiger partial charge in [0.25, 0.3) is 0 Å². The van der Waals surface area contributed by atoms with Crippen LogP contribution in [-0.4, -0.2) is 32.3 Å². The zero-order valence-corrected chi connectivity index (χ0v) is 14.4. The predicted molar refractivity (Wildman–Crippen MR) is 91.2 cm³/mol. The highest BCUT2D eigenvalue weighted by Gasteiger charge is 2.20. The molecule has 0 radical (unpaired) electrons. The van der Waals surface area contributed by atoms with Crippen molar-refractivity contribution in [1.29, 1.82) is 0 Å². The third-order valence-electron chi connectivity index (χ3n) is 3.60. The zero-order chi connectivity index (χ0) is 17.5. The first-order chi connectivity index (χ1) is 11.6. The third kappa shape index (κ3) is 4.10. The molecule has 1 heterocycles. The number of para-hydroxylation sites is 1. The van der Waals surface area contributed by atoms with E-state index in [1.165, 1.54) is 4.90 Å². The number of carbonyl (C=O) groups is 1. The molecule has 0 spiro atoms. The van der Waals surface area contributed by atoms with Gasteiger partial charge in [0.05, 0.1) is 0 Å². The molecule has 0 atom stereocenters. The molecule has 6 nitrogen and oxygen atoms in total. The lowest BCUT2D eigenvalue weighted by atomic mass is 10.1. The number of aromatic nitrogens is 1. The number of methoxy groups -OCH3 is 2. The second kappa shape index (κ2) is 8.42. The van der Waals surface area contributed by atoms with Gasteiger partial charge in [0.2, 0.25) is 6.29 Å². The SMILES string of the molecule is CCc1ccc(N(C)C(=O)Oc2ccccc2)nc1C(OC)OC. The average Bonchev–Trinajstić information content (AvgIpc) is 2.63. The number of benzene rings is 1. The maximum atomic E-state index is 12.3. The minimum absolute atomic E-state index is 0.460. The fraction of sp³-hybridized carbons (Fsp3) is 0.333. The predicted octanol–water partition coefficient (Wildman–Crippen LogP) is 3.57. The van der Waals surface area contributed by atoms with Crippen molar-refractivity contribution >= 4 is 11.9 Å². The van der Waals surface area contributed by atoms with E-state index in [2.05, 4.69) is 4.98 Å². The second-order valence-corrected chi connectivity index (χ2v) is 5.11. The van der Waals surface area contributed by atoms with Gasteiger partial charge in [0.1, 0.15) is 17.3 Å². The smallest absolute Gasteiger partial charge is 0.410 e. The molecule has 0 aliphatic rings. The lowest BCUT2D eigenvalue weighted by Gasteiger charge is -2.20. The summed E-state index contributed by atoms with van der Waals surface area (Å²) in [7, 11) is 4.71. The van der Waals surface area contributed by atoms with Crippen LogP contribution in [0.3, 0.4) is 0 Å². The number of hydrogen-bond acceptors (Lipinski definition) is 5. The fourth-order valence-corrected chi connectivity index (χ4v) is 2.25. The van der Waals surface area contributed by atoms with Crippen molar-refractivity contribution in [2.45, 2.75) is 19.6 Å². The molecule has 2 aromatic rings. The van der Waals surface area contributed by atoms with Gasteiger partial charge in [-0.25, -0.2) is 9.78 Å². The van der Waals surface area contributed by atoms with Crippen molar-refractivity contribution < 1.29 is 19.0 Å². The topological polar surface area (TPSA) is 60.9 Å². The molecular weight excluding hydrogens is 308 g/mol. The van der Waals surface area contributed by atoms with Crippen LogP contribution in [0.1, 0.15) is 24.5 Å². The maximum absolute atomic E-state index is 12.3. The highest BCUT2D eigenvalue weighted by molar-refractivity contribution is 5.87. The second-order valence-electron chi connectivity index (χ2n) is 5.11. The number of ether oxygens (including phenoxy) is 3. The summed E-state index contributed by atoms with van der Waals surface area (Å²) in [5.41, 5.74) is 1.65. The van der Waals surface area contributed by atoms with Gasteiger partial charge in [-0.2, -0.15) is 0 Å². The molecule has 0 aliphatic carbocycles. The molecular formula is C18H22N2O4. The molecule has 1 aromatic heterocycles. The van der Waals surface area contributed by atoms with Crippen LogP contribution in [0.15, 0.2) is 42.5 Å². The third-order valence-corrected chi connectivity index (χ3v) is 3.60. The molecule has 2 rings (SSSR count). The van der Waals surface area contributed by atoms with Crippen LogP contribution in [-0.2, 0) is 15.9 Å². The standard InChI is InChI=1S/C18H22N2O4/c1-5-13-11-12-15(19-16(13)17(22-3)23-4)20(2)18(21)24-14-9-7-6-8-10-14/h6-12,17H,5H2,1-4H3. The van der Waals surface area contributed by atoms with Crippen molar-refractivity contribution in [2.75, 3.05) is 26.2 Å². The first-order valence-electron chi connectivity index (χ1n) is 7.66. The van der Waals surface area contributed by atoms with E-state index in [1.807, 2.05) is 19.1 Å². The highest BCUT2D eigenvalue weighted by atomic mass is 16.7. The Labute approximate surface area is 142 Å². The fourth-order valence-electron chi connectivity index (χ4n) is 2.25. The Balaban J connectivity index is 2.24. The van der Waals surface area contributed by atoms with Crippen molar-refractivity contribution in [1.82, 2.24) is 4.98 Å². The molecule has 0 N–H and O–H groups in total. The quantitative estimate of drug-likeness (QED) is 0.758. The number of amides is 1. The van der Waals surface area contributed by atoms with E-state index in [0.717, 1.165) is 12.0 Å². The Morgan fingerprint density at radius 2 is 1.79 bits per heavy atom.